The number of esters is 1. The summed E-state index contributed by atoms with van der Waals surface area (Å²) in [6.45, 7) is 0. The summed E-state index contributed by atoms with van der Waals surface area (Å²) >= 11 is 0. The predicted octanol–water partition coefficient (Wildman–Crippen LogP) is -4.59. The van der Waals surface area contributed by atoms with Crippen molar-refractivity contribution in [1.29, 1.82) is 0 Å². The number of hydrogen-bond acceptors (Lipinski definition) is 3. The number of phenolic OH excluding ortho intramolecular Hbond substituents is 1. The predicted molar refractivity (Wildman–Crippen MR) is 41.7 cm³/mol. The van der Waals surface area contributed by atoms with Crippen LogP contribution in [-0.2, 0) is 4.74 Å². The molecule has 1 aromatic rings. The topological polar surface area (TPSA) is 46.5 Å². The molecular formula is C8H10KNaO3. The van der Waals surface area contributed by atoms with E-state index >= 15 is 0 Å². The Bertz CT molecular complexity index is 269. The van der Waals surface area contributed by atoms with Gasteiger partial charge in [0.1, 0.15) is 5.75 Å². The third-order valence-corrected chi connectivity index (χ3v) is 1.29. The number of benzene rings is 1. The summed E-state index contributed by atoms with van der Waals surface area (Å²) in [5.41, 5.74) is 0.435. The standard InChI is InChI=1S/C8H8O3.K.Na.2H/c1-11-8(10)6-2-4-7(9)5-3-6;;;;/h2-5,9H,1H3;;;;/q;2*+1;2*-1. The largest absolute Gasteiger partial charge is 1.00 e. The number of aromatic hydroxyl groups is 1. The molecule has 0 fully saturated rings. The molecular weight excluding hydrogens is 206 g/mol. The fourth-order valence-electron chi connectivity index (χ4n) is 0.715. The number of hydrogen-bond donors (Lipinski definition) is 1. The first-order chi connectivity index (χ1) is 5.24. The van der Waals surface area contributed by atoms with Gasteiger partial charge in [0, 0.05) is 0 Å². The van der Waals surface area contributed by atoms with Crippen molar-refractivity contribution in [3.8, 4) is 5.75 Å². The number of rotatable bonds is 1. The minimum atomic E-state index is -0.398. The molecule has 0 saturated carbocycles. The van der Waals surface area contributed by atoms with Gasteiger partial charge in [0.2, 0.25) is 0 Å². The Morgan fingerprint density at radius 2 is 1.85 bits per heavy atom. The Morgan fingerprint density at radius 1 is 1.38 bits per heavy atom. The van der Waals surface area contributed by atoms with Crippen LogP contribution < -0.4 is 80.9 Å². The summed E-state index contributed by atoms with van der Waals surface area (Å²) in [6, 6.07) is 5.88. The monoisotopic (exact) mass is 216 g/mol. The van der Waals surface area contributed by atoms with Crippen LogP contribution in [0.4, 0.5) is 0 Å². The van der Waals surface area contributed by atoms with Crippen LogP contribution in [0.5, 0.6) is 5.75 Å². The Hall–Kier alpha value is 1.13. The van der Waals surface area contributed by atoms with E-state index in [9.17, 15) is 4.79 Å². The van der Waals surface area contributed by atoms with Gasteiger partial charge in [-0.1, -0.05) is 0 Å². The van der Waals surface area contributed by atoms with E-state index in [1.807, 2.05) is 0 Å². The summed E-state index contributed by atoms with van der Waals surface area (Å²) in [7, 11) is 1.31. The zero-order valence-electron chi connectivity index (χ0n) is 10.1. The molecule has 0 heterocycles. The third kappa shape index (κ3) is 5.54. The van der Waals surface area contributed by atoms with Gasteiger partial charge in [-0.2, -0.15) is 0 Å². The van der Waals surface area contributed by atoms with Crippen LogP contribution in [0.2, 0.25) is 0 Å². The molecule has 1 N–H and O–H groups in total. The van der Waals surface area contributed by atoms with Gasteiger partial charge in [-0.25, -0.2) is 4.79 Å². The van der Waals surface area contributed by atoms with Crippen molar-refractivity contribution in [2.24, 2.45) is 0 Å². The van der Waals surface area contributed by atoms with Gasteiger partial charge in [-0.05, 0) is 24.3 Å². The molecule has 0 aliphatic carbocycles. The van der Waals surface area contributed by atoms with Crippen molar-refractivity contribution in [1.82, 2.24) is 0 Å². The Balaban J connectivity index is -0.000000151. The maximum Gasteiger partial charge on any atom is 1.00 e. The second kappa shape index (κ2) is 8.44. The van der Waals surface area contributed by atoms with E-state index in [4.69, 9.17) is 5.11 Å². The van der Waals surface area contributed by atoms with Gasteiger partial charge in [0.15, 0.2) is 0 Å². The molecule has 0 amide bonds. The smallest absolute Gasteiger partial charge is 1.00 e. The first-order valence-corrected chi connectivity index (χ1v) is 3.11. The zero-order valence-corrected chi connectivity index (χ0v) is 13.2. The van der Waals surface area contributed by atoms with E-state index in [0.717, 1.165) is 0 Å². The number of ether oxygens (including phenoxy) is 1. The normalized spacial score (nSPS) is 7.77. The number of phenols is 1. The maximum atomic E-state index is 10.8. The van der Waals surface area contributed by atoms with Crippen LogP contribution in [0, 0.1) is 0 Å². The molecule has 1 rings (SSSR count). The average Bonchev–Trinajstić information content (AvgIpc) is 2.05. The van der Waals surface area contributed by atoms with Crippen LogP contribution >= 0.6 is 0 Å². The molecule has 0 aliphatic rings. The van der Waals surface area contributed by atoms with E-state index in [1.165, 1.54) is 31.4 Å². The first-order valence-electron chi connectivity index (χ1n) is 3.11. The van der Waals surface area contributed by atoms with Crippen LogP contribution in [-0.4, -0.2) is 18.2 Å². The molecule has 62 valence electrons. The Kier molecular flexibility index (Phi) is 10.7. The molecule has 3 nitrogen and oxygen atoms in total. The van der Waals surface area contributed by atoms with Gasteiger partial charge in [-0.3, -0.25) is 0 Å². The minimum absolute atomic E-state index is 0. The van der Waals surface area contributed by atoms with E-state index in [1.54, 1.807) is 0 Å². The van der Waals surface area contributed by atoms with Gasteiger partial charge in [0.05, 0.1) is 12.7 Å². The van der Waals surface area contributed by atoms with E-state index < -0.39 is 5.97 Å². The molecule has 13 heavy (non-hydrogen) atoms. The van der Waals surface area contributed by atoms with Gasteiger partial charge in [-0.15, -0.1) is 0 Å². The molecule has 0 atom stereocenters. The van der Waals surface area contributed by atoms with Crippen molar-refractivity contribution in [3.05, 3.63) is 29.8 Å². The summed E-state index contributed by atoms with van der Waals surface area (Å²) in [6.07, 6.45) is 0. The van der Waals surface area contributed by atoms with Crippen molar-refractivity contribution in [3.63, 3.8) is 0 Å². The third-order valence-electron chi connectivity index (χ3n) is 1.29. The van der Waals surface area contributed by atoms with Gasteiger partial charge < -0.3 is 12.7 Å². The Morgan fingerprint density at radius 3 is 2.23 bits per heavy atom. The van der Waals surface area contributed by atoms with Gasteiger partial charge in [0.25, 0.3) is 0 Å². The summed E-state index contributed by atoms with van der Waals surface area (Å²) < 4.78 is 4.46. The summed E-state index contributed by atoms with van der Waals surface area (Å²) in [5, 5.41) is 8.86. The molecule has 0 aromatic heterocycles. The fourth-order valence-corrected chi connectivity index (χ4v) is 0.715. The van der Waals surface area contributed by atoms with Gasteiger partial charge >= 0.3 is 86.9 Å². The first kappa shape index (κ1) is 16.6. The van der Waals surface area contributed by atoms with Crippen molar-refractivity contribution >= 4 is 5.97 Å². The molecule has 0 spiro atoms. The van der Waals surface area contributed by atoms with E-state index in [2.05, 4.69) is 4.74 Å². The Labute approximate surface area is 145 Å². The van der Waals surface area contributed by atoms with E-state index in [-0.39, 0.29) is 89.5 Å². The molecule has 0 saturated heterocycles. The van der Waals surface area contributed by atoms with E-state index in [0.29, 0.717) is 5.56 Å². The second-order valence-corrected chi connectivity index (χ2v) is 2.04. The molecule has 0 radical (unpaired) electrons. The molecule has 5 heteroatoms. The zero-order chi connectivity index (χ0) is 8.27. The maximum absolute atomic E-state index is 10.8. The summed E-state index contributed by atoms with van der Waals surface area (Å²) in [5.74, 6) is -0.261. The molecule has 0 unspecified atom stereocenters. The summed E-state index contributed by atoms with van der Waals surface area (Å²) in [4.78, 5) is 10.8. The number of carbonyl (C=O) groups excluding carboxylic acids is 1. The average molecular weight is 216 g/mol. The van der Waals surface area contributed by atoms with Crippen molar-refractivity contribution < 1.29 is 98.4 Å². The SMILES string of the molecule is COC(=O)c1ccc(O)cc1.[H-].[H-].[K+].[Na+]. The van der Waals surface area contributed by atoms with Crippen LogP contribution in [0.25, 0.3) is 0 Å². The minimum Gasteiger partial charge on any atom is -1.00 e. The van der Waals surface area contributed by atoms with Crippen molar-refractivity contribution in [2.75, 3.05) is 7.11 Å². The molecule has 1 aromatic carbocycles. The van der Waals surface area contributed by atoms with Crippen LogP contribution in [0.15, 0.2) is 24.3 Å². The number of carbonyl (C=O) groups is 1. The van der Waals surface area contributed by atoms with Crippen molar-refractivity contribution in [2.45, 2.75) is 0 Å². The van der Waals surface area contributed by atoms with Crippen LogP contribution in [0.1, 0.15) is 13.2 Å². The molecule has 0 aliphatic heterocycles. The fraction of sp³-hybridized carbons (Fsp3) is 0.125. The number of methoxy groups -OCH3 is 1. The van der Waals surface area contributed by atoms with Crippen LogP contribution in [0.3, 0.4) is 0 Å². The molecule has 0 bridgehead atoms. The quantitative estimate of drug-likeness (QED) is 0.380. The second-order valence-electron chi connectivity index (χ2n) is 2.04.